The van der Waals surface area contributed by atoms with Gasteiger partial charge in [-0.3, -0.25) is 9.59 Å². The summed E-state index contributed by atoms with van der Waals surface area (Å²) in [6, 6.07) is 5.59. The maximum Gasteiger partial charge on any atom is 0.313 e. The maximum absolute atomic E-state index is 12.8. The fourth-order valence-electron chi connectivity index (χ4n) is 3.45. The van der Waals surface area contributed by atoms with E-state index in [2.05, 4.69) is 5.32 Å². The molecule has 1 aromatic rings. The first-order valence-corrected chi connectivity index (χ1v) is 8.64. The van der Waals surface area contributed by atoms with E-state index < -0.39 is 5.41 Å². The van der Waals surface area contributed by atoms with Gasteiger partial charge in [0.15, 0.2) is 0 Å². The molecule has 1 aromatic carbocycles. The van der Waals surface area contributed by atoms with Gasteiger partial charge in [-0.25, -0.2) is 0 Å². The Labute approximate surface area is 171 Å². The van der Waals surface area contributed by atoms with Crippen molar-refractivity contribution < 1.29 is 19.1 Å². The number of rotatable bonds is 3. The largest absolute Gasteiger partial charge is 0.492 e. The van der Waals surface area contributed by atoms with E-state index in [-0.39, 0.29) is 43.2 Å². The average molecular weight is 420 g/mol. The summed E-state index contributed by atoms with van der Waals surface area (Å²) in [6.45, 7) is 3.34. The number of nitrogens with zero attached hydrogens (tertiary/aromatic N) is 1. The van der Waals surface area contributed by atoms with E-state index in [0.29, 0.717) is 38.1 Å². The molecule has 1 amide bonds. The predicted molar refractivity (Wildman–Crippen MR) is 107 cm³/mol. The van der Waals surface area contributed by atoms with Gasteiger partial charge in [0.05, 0.1) is 12.5 Å². The van der Waals surface area contributed by atoms with Gasteiger partial charge < -0.3 is 25.4 Å². The lowest BCUT2D eigenvalue weighted by Gasteiger charge is -2.39. The Morgan fingerprint density at radius 1 is 1.30 bits per heavy atom. The highest BCUT2D eigenvalue weighted by Crippen LogP contribution is 2.32. The number of carbonyl (C=O) groups is 2. The van der Waals surface area contributed by atoms with Gasteiger partial charge in [-0.15, -0.1) is 24.8 Å². The molecule has 0 unspecified atom stereocenters. The summed E-state index contributed by atoms with van der Waals surface area (Å²) in [5.74, 6) is 0.436. The summed E-state index contributed by atoms with van der Waals surface area (Å²) in [4.78, 5) is 26.6. The summed E-state index contributed by atoms with van der Waals surface area (Å²) >= 11 is 0. The minimum Gasteiger partial charge on any atom is -0.492 e. The van der Waals surface area contributed by atoms with E-state index in [0.717, 1.165) is 24.4 Å². The number of esters is 1. The molecule has 0 spiro atoms. The molecule has 2 aliphatic heterocycles. The molecule has 7 nitrogen and oxygen atoms in total. The molecule has 152 valence electrons. The molecule has 1 fully saturated rings. The Morgan fingerprint density at radius 2 is 2.00 bits per heavy atom. The van der Waals surface area contributed by atoms with Crippen LogP contribution in [0.25, 0.3) is 0 Å². The van der Waals surface area contributed by atoms with Crippen LogP contribution in [0.3, 0.4) is 0 Å². The molecule has 0 aromatic heterocycles. The monoisotopic (exact) mass is 419 g/mol. The first-order chi connectivity index (χ1) is 12.1. The second-order valence-electron chi connectivity index (χ2n) is 6.62. The van der Waals surface area contributed by atoms with Crippen molar-refractivity contribution in [3.63, 3.8) is 0 Å². The van der Waals surface area contributed by atoms with Crippen molar-refractivity contribution in [2.24, 2.45) is 11.1 Å². The minimum absolute atomic E-state index is 0. The number of hydrogen-bond acceptors (Lipinski definition) is 6. The Morgan fingerprint density at radius 3 is 2.63 bits per heavy atom. The van der Waals surface area contributed by atoms with Crippen molar-refractivity contribution in [2.75, 3.05) is 39.9 Å². The summed E-state index contributed by atoms with van der Waals surface area (Å²) in [5.41, 5.74) is 6.81. The van der Waals surface area contributed by atoms with Crippen LogP contribution in [-0.4, -0.2) is 56.7 Å². The molecular weight excluding hydrogens is 393 g/mol. The Hall–Kier alpha value is -1.54. The van der Waals surface area contributed by atoms with Gasteiger partial charge in [0, 0.05) is 43.9 Å². The standard InChI is InChI=1S/C18H25N3O4.2ClH/c1-24-17(23)18(12-19)4-7-21(8-5-18)16(22)13-2-3-14-11-20-6-9-25-15(14)10-13;;/h2-3,10,20H,4-9,11-12,19H2,1H3;2*1H. The number of ether oxygens (including phenoxy) is 2. The summed E-state index contributed by atoms with van der Waals surface area (Å²) < 4.78 is 10.6. The fraction of sp³-hybridized carbons (Fsp3) is 0.556. The molecule has 3 N–H and O–H groups in total. The van der Waals surface area contributed by atoms with Crippen LogP contribution in [0.5, 0.6) is 5.75 Å². The molecule has 9 heteroatoms. The number of hydrogen-bond donors (Lipinski definition) is 2. The van der Waals surface area contributed by atoms with Crippen molar-refractivity contribution in [2.45, 2.75) is 19.4 Å². The smallest absolute Gasteiger partial charge is 0.313 e. The average Bonchev–Trinajstić information content (AvgIpc) is 2.91. The van der Waals surface area contributed by atoms with Gasteiger partial charge in [0.25, 0.3) is 5.91 Å². The Kier molecular flexibility index (Phi) is 8.81. The third-order valence-electron chi connectivity index (χ3n) is 5.18. The van der Waals surface area contributed by atoms with Gasteiger partial charge in [0.1, 0.15) is 12.4 Å². The molecular formula is C18H27Cl2N3O4. The number of likely N-dealkylation sites (tertiary alicyclic amines) is 1. The van der Waals surface area contributed by atoms with Crippen LogP contribution in [0.1, 0.15) is 28.8 Å². The molecule has 2 heterocycles. The number of amides is 1. The maximum atomic E-state index is 12.8. The number of nitrogens with one attached hydrogen (secondary N) is 1. The van der Waals surface area contributed by atoms with Crippen LogP contribution in [0, 0.1) is 5.41 Å². The lowest BCUT2D eigenvalue weighted by Crippen LogP contribution is -2.50. The third kappa shape index (κ3) is 4.85. The highest BCUT2D eigenvalue weighted by molar-refractivity contribution is 5.95. The van der Waals surface area contributed by atoms with Crippen molar-refractivity contribution in [3.05, 3.63) is 29.3 Å². The van der Waals surface area contributed by atoms with Crippen LogP contribution >= 0.6 is 24.8 Å². The first-order valence-electron chi connectivity index (χ1n) is 8.64. The SMILES string of the molecule is COC(=O)C1(CN)CCN(C(=O)c2ccc3c(c2)OCCNC3)CC1.Cl.Cl. The quantitative estimate of drug-likeness (QED) is 0.718. The Balaban J connectivity index is 0.00000182. The molecule has 27 heavy (non-hydrogen) atoms. The molecule has 2 aliphatic rings. The normalized spacial score (nSPS) is 17.9. The lowest BCUT2D eigenvalue weighted by molar-refractivity contribution is -0.154. The van der Waals surface area contributed by atoms with Gasteiger partial charge >= 0.3 is 5.97 Å². The fourth-order valence-corrected chi connectivity index (χ4v) is 3.45. The van der Waals surface area contributed by atoms with Crippen molar-refractivity contribution in [1.29, 1.82) is 0 Å². The third-order valence-corrected chi connectivity index (χ3v) is 5.18. The number of methoxy groups -OCH3 is 1. The molecule has 0 radical (unpaired) electrons. The van der Waals surface area contributed by atoms with Crippen LogP contribution in [0.4, 0.5) is 0 Å². The van der Waals surface area contributed by atoms with E-state index in [4.69, 9.17) is 15.2 Å². The van der Waals surface area contributed by atoms with E-state index in [9.17, 15) is 9.59 Å². The second kappa shape index (κ2) is 10.1. The van der Waals surface area contributed by atoms with Crippen LogP contribution in [0.15, 0.2) is 18.2 Å². The molecule has 0 bridgehead atoms. The first kappa shape index (κ1) is 23.5. The number of halogens is 2. The zero-order chi connectivity index (χ0) is 17.9. The molecule has 3 rings (SSSR count). The van der Waals surface area contributed by atoms with E-state index in [1.54, 1.807) is 4.90 Å². The summed E-state index contributed by atoms with van der Waals surface area (Å²) in [5, 5.41) is 3.27. The van der Waals surface area contributed by atoms with E-state index >= 15 is 0 Å². The lowest BCUT2D eigenvalue weighted by atomic mass is 9.78. The second-order valence-corrected chi connectivity index (χ2v) is 6.62. The van der Waals surface area contributed by atoms with Crippen molar-refractivity contribution in [3.8, 4) is 5.75 Å². The molecule has 0 aliphatic carbocycles. The van der Waals surface area contributed by atoms with Crippen LogP contribution < -0.4 is 15.8 Å². The zero-order valence-electron chi connectivity index (χ0n) is 15.4. The zero-order valence-corrected chi connectivity index (χ0v) is 17.0. The molecule has 1 saturated heterocycles. The van der Waals surface area contributed by atoms with Gasteiger partial charge in [0.2, 0.25) is 0 Å². The van der Waals surface area contributed by atoms with Gasteiger partial charge in [-0.05, 0) is 25.0 Å². The van der Waals surface area contributed by atoms with Crippen molar-refractivity contribution >= 4 is 36.7 Å². The number of nitrogens with two attached hydrogens (primary N) is 1. The highest BCUT2D eigenvalue weighted by atomic mass is 35.5. The van der Waals surface area contributed by atoms with Crippen LogP contribution in [-0.2, 0) is 16.1 Å². The number of piperidine rings is 1. The van der Waals surface area contributed by atoms with Gasteiger partial charge in [-0.1, -0.05) is 6.07 Å². The predicted octanol–water partition coefficient (Wildman–Crippen LogP) is 1.37. The number of fused-ring (bicyclic) bond motifs is 1. The van der Waals surface area contributed by atoms with Crippen LogP contribution in [0.2, 0.25) is 0 Å². The highest BCUT2D eigenvalue weighted by Gasteiger charge is 2.42. The number of carbonyl (C=O) groups excluding carboxylic acids is 2. The molecule has 0 saturated carbocycles. The van der Waals surface area contributed by atoms with Crippen molar-refractivity contribution in [1.82, 2.24) is 10.2 Å². The Bertz CT molecular complexity index is 664. The molecule has 0 atom stereocenters. The number of benzene rings is 1. The summed E-state index contributed by atoms with van der Waals surface area (Å²) in [7, 11) is 1.38. The van der Waals surface area contributed by atoms with E-state index in [1.807, 2.05) is 18.2 Å². The minimum atomic E-state index is -0.673. The topological polar surface area (TPSA) is 93.9 Å². The summed E-state index contributed by atoms with van der Waals surface area (Å²) in [6.07, 6.45) is 1.04. The van der Waals surface area contributed by atoms with E-state index in [1.165, 1.54) is 7.11 Å². The van der Waals surface area contributed by atoms with Gasteiger partial charge in [-0.2, -0.15) is 0 Å².